The lowest BCUT2D eigenvalue weighted by Crippen LogP contribution is -2.40. The largest absolute Gasteiger partial charge is 0.371 e. The first-order chi connectivity index (χ1) is 8.85. The number of rotatable bonds is 4. The number of amides is 1. The van der Waals surface area contributed by atoms with E-state index in [9.17, 15) is 22.4 Å². The summed E-state index contributed by atoms with van der Waals surface area (Å²) in [5.74, 6) is -0.788. The van der Waals surface area contributed by atoms with Crippen LogP contribution in [-0.2, 0) is 10.8 Å². The molecule has 0 spiro atoms. The highest BCUT2D eigenvalue weighted by molar-refractivity contribution is 5.85. The molecule has 1 aromatic heterocycles. The maximum absolute atomic E-state index is 13.3. The molecule has 2 heterocycles. The Hall–Kier alpha value is -1.51. The number of hydrogen-bond acceptors (Lipinski definition) is 3. The molecule has 2 unspecified atom stereocenters. The third-order valence-electron chi connectivity index (χ3n) is 2.94. The van der Waals surface area contributed by atoms with Gasteiger partial charge in [0.2, 0.25) is 5.91 Å². The molecule has 2 atom stereocenters. The summed E-state index contributed by atoms with van der Waals surface area (Å²) in [5.41, 5.74) is 5.12. The number of nitrogens with zero attached hydrogens (tertiary/aromatic N) is 3. The van der Waals surface area contributed by atoms with E-state index in [1.165, 1.54) is 4.90 Å². The van der Waals surface area contributed by atoms with Crippen molar-refractivity contribution in [3.8, 4) is 0 Å². The summed E-state index contributed by atoms with van der Waals surface area (Å²) in [6, 6.07) is -3.54. The highest BCUT2D eigenvalue weighted by Gasteiger charge is 2.38. The van der Waals surface area contributed by atoms with Gasteiger partial charge < -0.3 is 10.6 Å². The Kier molecular flexibility index (Phi) is 4.85. The number of alkyl halides is 4. The smallest absolute Gasteiger partial charge is 0.368 e. The Morgan fingerprint density at radius 1 is 1.55 bits per heavy atom. The summed E-state index contributed by atoms with van der Waals surface area (Å²) in [6.07, 6.45) is -0.524. The summed E-state index contributed by atoms with van der Waals surface area (Å²) in [5, 5.41) is 3.48. The first-order valence-corrected chi connectivity index (χ1v) is 5.55. The van der Waals surface area contributed by atoms with Crippen LogP contribution in [0, 0.1) is 0 Å². The van der Waals surface area contributed by atoms with Gasteiger partial charge in [0.05, 0.1) is 6.54 Å². The number of nitrogens with two attached hydrogens (primary N) is 1. The zero-order valence-corrected chi connectivity index (χ0v) is 11.0. The van der Waals surface area contributed by atoms with Crippen molar-refractivity contribution in [2.45, 2.75) is 24.7 Å². The fourth-order valence-corrected chi connectivity index (χ4v) is 2.02. The van der Waals surface area contributed by atoms with Crippen molar-refractivity contribution in [3.05, 3.63) is 12.3 Å². The fraction of sp³-hybridized carbons (Fsp3) is 0.600. The second kappa shape index (κ2) is 5.86. The van der Waals surface area contributed by atoms with Gasteiger partial charge in [-0.15, -0.1) is 17.5 Å². The van der Waals surface area contributed by atoms with Crippen LogP contribution in [0.1, 0.15) is 6.42 Å². The van der Waals surface area contributed by atoms with Crippen molar-refractivity contribution in [2.75, 3.05) is 18.1 Å². The van der Waals surface area contributed by atoms with Gasteiger partial charge in [-0.1, -0.05) is 0 Å². The van der Waals surface area contributed by atoms with Crippen LogP contribution in [0.25, 0.3) is 0 Å². The van der Waals surface area contributed by atoms with Gasteiger partial charge in [-0.2, -0.15) is 8.78 Å². The quantitative estimate of drug-likeness (QED) is 0.850. The summed E-state index contributed by atoms with van der Waals surface area (Å²) in [4.78, 5) is 12.4. The van der Waals surface area contributed by atoms with Crippen LogP contribution in [0.3, 0.4) is 0 Å². The number of carbonyl (C=O) groups is 1. The van der Waals surface area contributed by atoms with Gasteiger partial charge in [-0.3, -0.25) is 4.79 Å². The molecule has 1 aliphatic heterocycles. The van der Waals surface area contributed by atoms with Gasteiger partial charge in [0, 0.05) is 18.7 Å². The molecule has 2 rings (SSSR count). The Morgan fingerprint density at radius 2 is 2.20 bits per heavy atom. The number of primary amides is 1. The summed E-state index contributed by atoms with van der Waals surface area (Å²) in [7, 11) is 0. The van der Waals surface area contributed by atoms with E-state index in [2.05, 4.69) is 5.10 Å². The minimum atomic E-state index is -3.77. The lowest BCUT2D eigenvalue weighted by atomic mass is 10.2. The molecule has 5 nitrogen and oxygen atoms in total. The van der Waals surface area contributed by atoms with E-state index in [0.29, 0.717) is 0 Å². The van der Waals surface area contributed by atoms with Gasteiger partial charge in [0.1, 0.15) is 12.2 Å². The minimum Gasteiger partial charge on any atom is -0.368 e. The molecule has 10 heteroatoms. The maximum Gasteiger partial charge on any atom is 0.371 e. The van der Waals surface area contributed by atoms with Crippen LogP contribution >= 0.6 is 12.4 Å². The predicted molar refractivity (Wildman–Crippen MR) is 65.5 cm³/mol. The molecule has 1 aromatic rings. The topological polar surface area (TPSA) is 64.2 Å². The first-order valence-electron chi connectivity index (χ1n) is 5.55. The van der Waals surface area contributed by atoms with Crippen molar-refractivity contribution in [2.24, 2.45) is 5.73 Å². The van der Waals surface area contributed by atoms with Gasteiger partial charge in [0.25, 0.3) is 0 Å². The van der Waals surface area contributed by atoms with Gasteiger partial charge >= 0.3 is 6.05 Å². The van der Waals surface area contributed by atoms with E-state index in [0.717, 1.165) is 12.3 Å². The number of carbonyl (C=O) groups excluding carboxylic acids is 1. The van der Waals surface area contributed by atoms with Crippen LogP contribution in [0.15, 0.2) is 12.3 Å². The van der Waals surface area contributed by atoms with Crippen molar-refractivity contribution in [1.29, 1.82) is 0 Å². The molecular formula is C10H13ClF4N4O. The van der Waals surface area contributed by atoms with Crippen molar-refractivity contribution in [1.82, 2.24) is 9.78 Å². The molecule has 20 heavy (non-hydrogen) atoms. The Labute approximate surface area is 118 Å². The van der Waals surface area contributed by atoms with E-state index in [4.69, 9.17) is 5.73 Å². The minimum absolute atomic E-state index is 0. The lowest BCUT2D eigenvalue weighted by Gasteiger charge is -2.21. The van der Waals surface area contributed by atoms with E-state index in [1.54, 1.807) is 0 Å². The molecule has 1 aliphatic rings. The normalized spacial score (nSPS) is 22.7. The zero-order valence-electron chi connectivity index (χ0n) is 10.2. The molecule has 0 aromatic carbocycles. The number of aromatic nitrogens is 2. The Balaban J connectivity index is 0.00000200. The fourth-order valence-electron chi connectivity index (χ4n) is 2.02. The standard InChI is InChI=1S/C10H12F4N4O.ClH/c11-5-10(13,14)18-2-1-8(16-18)17-4-6(12)3-7(17)9(15)19;/h1-2,6-7H,3-5H2,(H2,15,19);1H. The average Bonchev–Trinajstić information content (AvgIpc) is 2.94. The second-order valence-electron chi connectivity index (χ2n) is 4.32. The third kappa shape index (κ3) is 2.97. The molecule has 0 radical (unpaired) electrons. The van der Waals surface area contributed by atoms with Crippen LogP contribution in [0.2, 0.25) is 0 Å². The summed E-state index contributed by atoms with van der Waals surface area (Å²) < 4.78 is 51.7. The van der Waals surface area contributed by atoms with E-state index < -0.39 is 30.8 Å². The van der Waals surface area contributed by atoms with E-state index in [1.807, 2.05) is 0 Å². The number of anilines is 1. The van der Waals surface area contributed by atoms with Crippen LogP contribution in [0.5, 0.6) is 0 Å². The van der Waals surface area contributed by atoms with E-state index in [-0.39, 0.29) is 35.9 Å². The molecule has 0 saturated carbocycles. The molecule has 114 valence electrons. The zero-order chi connectivity index (χ0) is 14.2. The number of halogens is 5. The molecule has 1 saturated heterocycles. The molecule has 2 N–H and O–H groups in total. The average molecular weight is 317 g/mol. The highest BCUT2D eigenvalue weighted by atomic mass is 35.5. The molecule has 1 amide bonds. The monoisotopic (exact) mass is 316 g/mol. The van der Waals surface area contributed by atoms with Crippen LogP contribution < -0.4 is 10.6 Å². The van der Waals surface area contributed by atoms with Crippen molar-refractivity contribution >= 4 is 24.1 Å². The molecule has 1 fully saturated rings. The third-order valence-corrected chi connectivity index (χ3v) is 2.94. The predicted octanol–water partition coefficient (Wildman–Crippen LogP) is 1.23. The molecule has 0 bridgehead atoms. The van der Waals surface area contributed by atoms with Crippen molar-refractivity contribution < 1.29 is 22.4 Å². The molecule has 0 aliphatic carbocycles. The van der Waals surface area contributed by atoms with E-state index >= 15 is 0 Å². The van der Waals surface area contributed by atoms with Crippen molar-refractivity contribution in [3.63, 3.8) is 0 Å². The maximum atomic E-state index is 13.3. The van der Waals surface area contributed by atoms with Crippen LogP contribution in [-0.4, -0.2) is 41.1 Å². The first kappa shape index (κ1) is 16.5. The molecular weight excluding hydrogens is 304 g/mol. The highest BCUT2D eigenvalue weighted by Crippen LogP contribution is 2.28. The number of hydrogen-bond donors (Lipinski definition) is 1. The lowest BCUT2D eigenvalue weighted by molar-refractivity contribution is -0.119. The SMILES string of the molecule is Cl.NC(=O)C1CC(F)CN1c1ccn(C(F)(F)CF)n1. The summed E-state index contributed by atoms with van der Waals surface area (Å²) >= 11 is 0. The Bertz CT molecular complexity index is 484. The Morgan fingerprint density at radius 3 is 2.75 bits per heavy atom. The van der Waals surface area contributed by atoms with Gasteiger partial charge in [-0.05, 0) is 0 Å². The second-order valence-corrected chi connectivity index (χ2v) is 4.32. The van der Waals surface area contributed by atoms with Gasteiger partial charge in [0.15, 0.2) is 12.5 Å². The van der Waals surface area contributed by atoms with Gasteiger partial charge in [-0.25, -0.2) is 13.5 Å². The summed E-state index contributed by atoms with van der Waals surface area (Å²) in [6.45, 7) is -2.06. The van der Waals surface area contributed by atoms with Crippen LogP contribution in [0.4, 0.5) is 23.4 Å².